The van der Waals surface area contributed by atoms with E-state index in [1.54, 1.807) is 6.92 Å². The fourth-order valence-corrected chi connectivity index (χ4v) is 2.98. The first-order valence-electron chi connectivity index (χ1n) is 9.00. The van der Waals surface area contributed by atoms with Crippen LogP contribution in [0.15, 0.2) is 60.7 Å². The molecule has 0 saturated heterocycles. The Morgan fingerprint density at radius 1 is 0.963 bits per heavy atom. The SMILES string of the molecule is CCOC(=O)NCCNC(=O)Cn1c(-c2ccccc2)cc2ccccc21. The summed E-state index contributed by atoms with van der Waals surface area (Å²) in [4.78, 5) is 23.7. The highest BCUT2D eigenvalue weighted by molar-refractivity contribution is 5.89. The zero-order chi connectivity index (χ0) is 19.1. The normalized spacial score (nSPS) is 10.6. The maximum atomic E-state index is 12.4. The van der Waals surface area contributed by atoms with Crippen LogP contribution in [0, 0.1) is 0 Å². The van der Waals surface area contributed by atoms with Gasteiger partial charge in [0.05, 0.1) is 6.61 Å². The van der Waals surface area contributed by atoms with Gasteiger partial charge in [0.1, 0.15) is 6.54 Å². The Balaban J connectivity index is 1.70. The average Bonchev–Trinajstić information content (AvgIpc) is 3.05. The Morgan fingerprint density at radius 3 is 2.44 bits per heavy atom. The number of nitrogens with one attached hydrogen (secondary N) is 2. The Labute approximate surface area is 158 Å². The third-order valence-electron chi connectivity index (χ3n) is 4.17. The second kappa shape index (κ2) is 8.89. The number of benzene rings is 2. The summed E-state index contributed by atoms with van der Waals surface area (Å²) in [6.45, 7) is 2.94. The number of carbonyl (C=O) groups excluding carboxylic acids is 2. The van der Waals surface area contributed by atoms with Crippen molar-refractivity contribution in [3.8, 4) is 11.3 Å². The molecule has 0 radical (unpaired) electrons. The number of fused-ring (bicyclic) bond motifs is 1. The Hall–Kier alpha value is -3.28. The molecular formula is C21H23N3O3. The molecule has 0 atom stereocenters. The Bertz CT molecular complexity index is 919. The number of aromatic nitrogens is 1. The molecule has 140 valence electrons. The molecule has 2 N–H and O–H groups in total. The van der Waals surface area contributed by atoms with Gasteiger partial charge in [-0.1, -0.05) is 48.5 Å². The molecule has 6 heteroatoms. The van der Waals surface area contributed by atoms with Gasteiger partial charge < -0.3 is 19.9 Å². The van der Waals surface area contributed by atoms with Gasteiger partial charge in [0.25, 0.3) is 0 Å². The van der Waals surface area contributed by atoms with Crippen LogP contribution < -0.4 is 10.6 Å². The molecule has 0 unspecified atom stereocenters. The number of amides is 2. The van der Waals surface area contributed by atoms with Crippen molar-refractivity contribution in [3.63, 3.8) is 0 Å². The molecule has 1 aromatic heterocycles. The van der Waals surface area contributed by atoms with Crippen molar-refractivity contribution in [1.29, 1.82) is 0 Å². The minimum Gasteiger partial charge on any atom is -0.450 e. The summed E-state index contributed by atoms with van der Waals surface area (Å²) in [5, 5.41) is 6.50. The van der Waals surface area contributed by atoms with Crippen LogP contribution >= 0.6 is 0 Å². The van der Waals surface area contributed by atoms with Gasteiger partial charge in [-0.05, 0) is 24.6 Å². The minimum atomic E-state index is -0.477. The zero-order valence-electron chi connectivity index (χ0n) is 15.3. The number of nitrogens with zero attached hydrogens (tertiary/aromatic N) is 1. The van der Waals surface area contributed by atoms with E-state index in [1.807, 2.05) is 59.2 Å². The van der Waals surface area contributed by atoms with E-state index in [-0.39, 0.29) is 12.5 Å². The predicted octanol–water partition coefficient (Wildman–Crippen LogP) is 3.17. The number of carbonyl (C=O) groups is 2. The minimum absolute atomic E-state index is 0.112. The van der Waals surface area contributed by atoms with Crippen LogP contribution in [0.4, 0.5) is 4.79 Å². The van der Waals surface area contributed by atoms with Crippen LogP contribution in [-0.2, 0) is 16.1 Å². The summed E-state index contributed by atoms with van der Waals surface area (Å²) in [5.41, 5.74) is 3.07. The number of para-hydroxylation sites is 1. The molecule has 0 aliphatic carbocycles. The summed E-state index contributed by atoms with van der Waals surface area (Å²) in [6, 6.07) is 20.1. The van der Waals surface area contributed by atoms with Crippen LogP contribution in [0.25, 0.3) is 22.2 Å². The van der Waals surface area contributed by atoms with E-state index < -0.39 is 6.09 Å². The lowest BCUT2D eigenvalue weighted by Gasteiger charge is -2.12. The molecule has 0 spiro atoms. The van der Waals surface area contributed by atoms with E-state index >= 15 is 0 Å². The molecule has 3 aromatic rings. The molecule has 0 aliphatic heterocycles. The standard InChI is InChI=1S/C21H23N3O3/c1-2-27-21(26)23-13-12-22-20(25)15-24-18-11-7-6-10-17(18)14-19(24)16-8-4-3-5-9-16/h3-11,14H,2,12-13,15H2,1H3,(H,22,25)(H,23,26). The molecule has 0 fully saturated rings. The molecule has 3 rings (SSSR count). The highest BCUT2D eigenvalue weighted by Gasteiger charge is 2.13. The van der Waals surface area contributed by atoms with Crippen molar-refractivity contribution in [1.82, 2.24) is 15.2 Å². The van der Waals surface area contributed by atoms with Crippen LogP contribution in [0.1, 0.15) is 6.92 Å². The smallest absolute Gasteiger partial charge is 0.407 e. The van der Waals surface area contributed by atoms with Crippen molar-refractivity contribution in [2.24, 2.45) is 0 Å². The van der Waals surface area contributed by atoms with Crippen LogP contribution in [0.3, 0.4) is 0 Å². The van der Waals surface area contributed by atoms with Crippen LogP contribution in [-0.4, -0.2) is 36.3 Å². The van der Waals surface area contributed by atoms with Gasteiger partial charge in [0, 0.05) is 29.7 Å². The number of hydrogen-bond donors (Lipinski definition) is 2. The summed E-state index contributed by atoms with van der Waals surface area (Å²) in [5.74, 6) is -0.112. The molecule has 0 bridgehead atoms. The highest BCUT2D eigenvalue weighted by atomic mass is 16.5. The Kier molecular flexibility index (Phi) is 6.10. The lowest BCUT2D eigenvalue weighted by atomic mass is 10.1. The fraction of sp³-hybridized carbons (Fsp3) is 0.238. The number of rotatable bonds is 7. The van der Waals surface area contributed by atoms with E-state index in [0.29, 0.717) is 19.7 Å². The van der Waals surface area contributed by atoms with E-state index in [0.717, 1.165) is 22.2 Å². The summed E-state index contributed by atoms with van der Waals surface area (Å²) in [6.07, 6.45) is -0.477. The molecule has 1 heterocycles. The topological polar surface area (TPSA) is 72.4 Å². The maximum absolute atomic E-state index is 12.4. The van der Waals surface area contributed by atoms with E-state index in [9.17, 15) is 9.59 Å². The first-order valence-corrected chi connectivity index (χ1v) is 9.00. The van der Waals surface area contributed by atoms with Gasteiger partial charge in [-0.25, -0.2) is 4.79 Å². The van der Waals surface area contributed by atoms with Gasteiger partial charge in [0.2, 0.25) is 5.91 Å². The largest absolute Gasteiger partial charge is 0.450 e. The molecule has 2 amide bonds. The number of ether oxygens (including phenoxy) is 1. The molecule has 2 aromatic carbocycles. The Morgan fingerprint density at radius 2 is 1.67 bits per heavy atom. The highest BCUT2D eigenvalue weighted by Crippen LogP contribution is 2.28. The predicted molar refractivity (Wildman–Crippen MR) is 105 cm³/mol. The van der Waals surface area contributed by atoms with Crippen LogP contribution in [0.5, 0.6) is 0 Å². The van der Waals surface area contributed by atoms with Gasteiger partial charge in [-0.3, -0.25) is 4.79 Å². The molecule has 0 aliphatic rings. The molecule has 6 nitrogen and oxygen atoms in total. The van der Waals surface area contributed by atoms with E-state index in [4.69, 9.17) is 4.74 Å². The quantitative estimate of drug-likeness (QED) is 0.632. The third kappa shape index (κ3) is 4.67. The van der Waals surface area contributed by atoms with Crippen LogP contribution in [0.2, 0.25) is 0 Å². The summed E-state index contributed by atoms with van der Waals surface area (Å²) >= 11 is 0. The zero-order valence-corrected chi connectivity index (χ0v) is 15.3. The van der Waals surface area contributed by atoms with Gasteiger partial charge in [-0.2, -0.15) is 0 Å². The third-order valence-corrected chi connectivity index (χ3v) is 4.17. The second-order valence-corrected chi connectivity index (χ2v) is 6.04. The first-order chi connectivity index (χ1) is 13.2. The van der Waals surface area contributed by atoms with Gasteiger partial charge >= 0.3 is 6.09 Å². The first kappa shape index (κ1) is 18.5. The van der Waals surface area contributed by atoms with Gasteiger partial charge in [0.15, 0.2) is 0 Å². The maximum Gasteiger partial charge on any atom is 0.407 e. The number of hydrogen-bond acceptors (Lipinski definition) is 3. The number of alkyl carbamates (subject to hydrolysis) is 1. The van der Waals surface area contributed by atoms with Crippen molar-refractivity contribution < 1.29 is 14.3 Å². The van der Waals surface area contributed by atoms with E-state index in [1.165, 1.54) is 0 Å². The van der Waals surface area contributed by atoms with Crippen molar-refractivity contribution in [2.75, 3.05) is 19.7 Å². The fourth-order valence-electron chi connectivity index (χ4n) is 2.98. The van der Waals surface area contributed by atoms with Gasteiger partial charge in [-0.15, -0.1) is 0 Å². The monoisotopic (exact) mass is 365 g/mol. The van der Waals surface area contributed by atoms with Crippen molar-refractivity contribution in [2.45, 2.75) is 13.5 Å². The summed E-state index contributed by atoms with van der Waals surface area (Å²) < 4.78 is 6.79. The molecular weight excluding hydrogens is 342 g/mol. The van der Waals surface area contributed by atoms with E-state index in [2.05, 4.69) is 16.7 Å². The second-order valence-electron chi connectivity index (χ2n) is 6.04. The molecule has 27 heavy (non-hydrogen) atoms. The van der Waals surface area contributed by atoms with Crippen molar-refractivity contribution >= 4 is 22.9 Å². The molecule has 0 saturated carbocycles. The summed E-state index contributed by atoms with van der Waals surface area (Å²) in [7, 11) is 0. The lowest BCUT2D eigenvalue weighted by molar-refractivity contribution is -0.121. The average molecular weight is 365 g/mol. The van der Waals surface area contributed by atoms with Crippen molar-refractivity contribution in [3.05, 3.63) is 60.7 Å². The lowest BCUT2D eigenvalue weighted by Crippen LogP contribution is -2.36.